The fourth-order valence-corrected chi connectivity index (χ4v) is 2.54. The predicted molar refractivity (Wildman–Crippen MR) is 62.6 cm³/mol. The molecule has 0 aromatic heterocycles. The van der Waals surface area contributed by atoms with E-state index in [-0.39, 0.29) is 0 Å². The minimum Gasteiger partial charge on any atom is -0.317 e. The molecule has 2 unspecified atom stereocenters. The molecule has 1 N–H and O–H groups in total. The van der Waals surface area contributed by atoms with E-state index in [1.54, 1.807) is 0 Å². The van der Waals surface area contributed by atoms with Crippen molar-refractivity contribution in [3.8, 4) is 0 Å². The maximum Gasteiger partial charge on any atom is 0.0153 e. The third kappa shape index (κ3) is 2.48. The molecule has 1 fully saturated rings. The number of hydrogen-bond donors (Lipinski definition) is 1. The molecule has 1 aliphatic heterocycles. The van der Waals surface area contributed by atoms with E-state index in [0.29, 0.717) is 5.54 Å². The molecule has 1 saturated heterocycles. The lowest BCUT2D eigenvalue weighted by molar-refractivity contribution is 0.0353. The first-order chi connectivity index (χ1) is 6.51. The quantitative estimate of drug-likeness (QED) is 0.748. The first kappa shape index (κ1) is 12.0. The molecule has 0 aromatic rings. The van der Waals surface area contributed by atoms with Gasteiger partial charge in [-0.3, -0.25) is 4.90 Å². The summed E-state index contributed by atoms with van der Waals surface area (Å²) in [5.41, 5.74) is 0.373. The zero-order valence-corrected chi connectivity index (χ0v) is 10.4. The van der Waals surface area contributed by atoms with Gasteiger partial charge in [0.05, 0.1) is 0 Å². The van der Waals surface area contributed by atoms with Crippen LogP contribution in [0.5, 0.6) is 0 Å². The van der Waals surface area contributed by atoms with Crippen molar-refractivity contribution in [3.63, 3.8) is 0 Å². The van der Waals surface area contributed by atoms with E-state index in [2.05, 4.69) is 45.0 Å². The Morgan fingerprint density at radius 2 is 2.07 bits per heavy atom. The summed E-state index contributed by atoms with van der Waals surface area (Å²) in [6.45, 7) is 10.6. The van der Waals surface area contributed by atoms with Crippen LogP contribution >= 0.6 is 0 Å². The Morgan fingerprint density at radius 3 is 2.50 bits per heavy atom. The van der Waals surface area contributed by atoms with E-state index in [0.717, 1.165) is 12.1 Å². The van der Waals surface area contributed by atoms with Crippen molar-refractivity contribution in [2.24, 2.45) is 0 Å². The van der Waals surface area contributed by atoms with E-state index < -0.39 is 0 Å². The van der Waals surface area contributed by atoms with Gasteiger partial charge in [0, 0.05) is 24.2 Å². The summed E-state index contributed by atoms with van der Waals surface area (Å²) in [6.07, 6.45) is 3.83. The van der Waals surface area contributed by atoms with Crippen molar-refractivity contribution >= 4 is 0 Å². The topological polar surface area (TPSA) is 15.3 Å². The number of rotatable bonds is 3. The Kier molecular flexibility index (Phi) is 3.96. The Morgan fingerprint density at radius 1 is 1.43 bits per heavy atom. The van der Waals surface area contributed by atoms with Crippen molar-refractivity contribution in [3.05, 3.63) is 0 Å². The highest BCUT2D eigenvalue weighted by Gasteiger charge is 2.33. The van der Waals surface area contributed by atoms with Gasteiger partial charge in [0.25, 0.3) is 0 Å². The van der Waals surface area contributed by atoms with E-state index in [1.165, 1.54) is 25.8 Å². The molecule has 0 saturated carbocycles. The standard InChI is InChI=1S/C12H26N2/c1-6-12(3,4)14-8-7-11(13-5)9-10(14)2/h10-11,13H,6-9H2,1-5H3. The summed E-state index contributed by atoms with van der Waals surface area (Å²) in [4.78, 5) is 2.67. The van der Waals surface area contributed by atoms with Crippen LogP contribution in [0.2, 0.25) is 0 Å². The molecule has 0 radical (unpaired) electrons. The maximum atomic E-state index is 3.40. The Bertz CT molecular complexity index is 177. The van der Waals surface area contributed by atoms with Gasteiger partial charge in [0.2, 0.25) is 0 Å². The SMILES string of the molecule is CCC(C)(C)N1CCC(NC)CC1C. The summed E-state index contributed by atoms with van der Waals surface area (Å²) in [7, 11) is 2.08. The third-order valence-electron chi connectivity index (χ3n) is 3.93. The minimum atomic E-state index is 0.373. The molecule has 1 heterocycles. The van der Waals surface area contributed by atoms with Crippen LogP contribution in [-0.2, 0) is 0 Å². The van der Waals surface area contributed by atoms with Crippen LogP contribution in [0.3, 0.4) is 0 Å². The van der Waals surface area contributed by atoms with Crippen LogP contribution in [0.1, 0.15) is 47.0 Å². The molecular formula is C12H26N2. The molecule has 0 amide bonds. The first-order valence-corrected chi connectivity index (χ1v) is 5.95. The van der Waals surface area contributed by atoms with E-state index >= 15 is 0 Å². The van der Waals surface area contributed by atoms with Crippen LogP contribution in [0, 0.1) is 0 Å². The highest BCUT2D eigenvalue weighted by atomic mass is 15.2. The largest absolute Gasteiger partial charge is 0.317 e. The second-order valence-corrected chi connectivity index (χ2v) is 5.22. The smallest absolute Gasteiger partial charge is 0.0153 e. The zero-order chi connectivity index (χ0) is 10.8. The maximum absolute atomic E-state index is 3.40. The molecule has 0 spiro atoms. The van der Waals surface area contributed by atoms with Gasteiger partial charge in [0.1, 0.15) is 0 Å². The van der Waals surface area contributed by atoms with Gasteiger partial charge in [-0.2, -0.15) is 0 Å². The van der Waals surface area contributed by atoms with Crippen molar-refractivity contribution in [2.75, 3.05) is 13.6 Å². The van der Waals surface area contributed by atoms with Gasteiger partial charge in [-0.05, 0) is 47.1 Å². The number of hydrogen-bond acceptors (Lipinski definition) is 2. The summed E-state index contributed by atoms with van der Waals surface area (Å²) in [5.74, 6) is 0. The average molecular weight is 198 g/mol. The highest BCUT2D eigenvalue weighted by molar-refractivity contribution is 4.90. The van der Waals surface area contributed by atoms with Gasteiger partial charge < -0.3 is 5.32 Å². The molecule has 0 aromatic carbocycles. The molecule has 0 bridgehead atoms. The first-order valence-electron chi connectivity index (χ1n) is 5.95. The normalized spacial score (nSPS) is 30.6. The van der Waals surface area contributed by atoms with Crippen molar-refractivity contribution < 1.29 is 0 Å². The molecule has 2 heteroatoms. The monoisotopic (exact) mass is 198 g/mol. The molecular weight excluding hydrogens is 172 g/mol. The van der Waals surface area contributed by atoms with E-state index in [4.69, 9.17) is 0 Å². The Labute approximate surface area is 89.1 Å². The number of nitrogens with zero attached hydrogens (tertiary/aromatic N) is 1. The summed E-state index contributed by atoms with van der Waals surface area (Å²) in [5, 5.41) is 3.40. The zero-order valence-electron chi connectivity index (χ0n) is 10.4. The summed E-state index contributed by atoms with van der Waals surface area (Å²) < 4.78 is 0. The van der Waals surface area contributed by atoms with Crippen molar-refractivity contribution in [1.29, 1.82) is 0 Å². The second kappa shape index (κ2) is 4.63. The highest BCUT2D eigenvalue weighted by Crippen LogP contribution is 2.27. The van der Waals surface area contributed by atoms with Gasteiger partial charge in [-0.25, -0.2) is 0 Å². The fraction of sp³-hybridized carbons (Fsp3) is 1.00. The van der Waals surface area contributed by atoms with Crippen LogP contribution in [0.4, 0.5) is 0 Å². The number of likely N-dealkylation sites (tertiary alicyclic amines) is 1. The van der Waals surface area contributed by atoms with E-state index in [9.17, 15) is 0 Å². The van der Waals surface area contributed by atoms with Crippen LogP contribution < -0.4 is 5.32 Å². The molecule has 1 rings (SSSR count). The lowest BCUT2D eigenvalue weighted by atomic mass is 9.90. The fourth-order valence-electron chi connectivity index (χ4n) is 2.54. The lowest BCUT2D eigenvalue weighted by Crippen LogP contribution is -2.55. The molecule has 2 atom stereocenters. The lowest BCUT2D eigenvalue weighted by Gasteiger charge is -2.47. The van der Waals surface area contributed by atoms with Crippen LogP contribution in [0.15, 0.2) is 0 Å². The van der Waals surface area contributed by atoms with Crippen molar-refractivity contribution in [1.82, 2.24) is 10.2 Å². The predicted octanol–water partition coefficient (Wildman–Crippen LogP) is 2.25. The van der Waals surface area contributed by atoms with E-state index in [1.807, 2.05) is 0 Å². The average Bonchev–Trinajstić information content (AvgIpc) is 2.17. The number of piperidine rings is 1. The Hall–Kier alpha value is -0.0800. The molecule has 1 aliphatic rings. The summed E-state index contributed by atoms with van der Waals surface area (Å²) >= 11 is 0. The number of nitrogens with one attached hydrogen (secondary N) is 1. The van der Waals surface area contributed by atoms with Gasteiger partial charge in [0.15, 0.2) is 0 Å². The third-order valence-corrected chi connectivity index (χ3v) is 3.93. The van der Waals surface area contributed by atoms with Gasteiger partial charge >= 0.3 is 0 Å². The Balaban J connectivity index is 2.57. The van der Waals surface area contributed by atoms with Gasteiger partial charge in [-0.15, -0.1) is 0 Å². The summed E-state index contributed by atoms with van der Waals surface area (Å²) in [6, 6.07) is 1.45. The van der Waals surface area contributed by atoms with Crippen molar-refractivity contribution in [2.45, 2.75) is 64.6 Å². The molecule has 2 nitrogen and oxygen atoms in total. The molecule has 0 aliphatic carbocycles. The van der Waals surface area contributed by atoms with Gasteiger partial charge in [-0.1, -0.05) is 6.92 Å². The van der Waals surface area contributed by atoms with Crippen LogP contribution in [0.25, 0.3) is 0 Å². The molecule has 14 heavy (non-hydrogen) atoms. The van der Waals surface area contributed by atoms with Crippen LogP contribution in [-0.4, -0.2) is 36.1 Å². The minimum absolute atomic E-state index is 0.373. The second-order valence-electron chi connectivity index (χ2n) is 5.22. The molecule has 84 valence electrons.